The van der Waals surface area contributed by atoms with Crippen LogP contribution in [0.5, 0.6) is 0 Å². The molecular formula is C33H23N3. The minimum Gasteiger partial charge on any atom is -0.254 e. The standard InChI is InChI=1S/C33H23N3/c1-4-10-24(11-5-1)27-16-18-30(34-22-27)32-20-29(26-14-8-3-9-15-26)21-33(36-32)31-19-17-28(23-35-31)25-12-6-2-7-13-25/h1-23H. The van der Waals surface area contributed by atoms with Crippen LogP contribution in [-0.2, 0) is 0 Å². The van der Waals surface area contributed by atoms with Crippen molar-refractivity contribution in [2.45, 2.75) is 0 Å². The average molecular weight is 462 g/mol. The lowest BCUT2D eigenvalue weighted by Crippen LogP contribution is -1.95. The van der Waals surface area contributed by atoms with Gasteiger partial charge < -0.3 is 0 Å². The second-order valence-corrected chi connectivity index (χ2v) is 8.59. The fourth-order valence-electron chi connectivity index (χ4n) is 4.28. The second-order valence-electron chi connectivity index (χ2n) is 8.59. The van der Waals surface area contributed by atoms with Gasteiger partial charge in [0.15, 0.2) is 0 Å². The fourth-order valence-corrected chi connectivity index (χ4v) is 4.28. The number of nitrogens with zero attached hydrogens (tertiary/aromatic N) is 3. The van der Waals surface area contributed by atoms with Gasteiger partial charge in [0, 0.05) is 23.5 Å². The molecule has 0 fully saturated rings. The molecular weight excluding hydrogens is 438 g/mol. The maximum Gasteiger partial charge on any atom is 0.0900 e. The summed E-state index contributed by atoms with van der Waals surface area (Å²) in [5, 5.41) is 0. The molecule has 3 heteroatoms. The van der Waals surface area contributed by atoms with Crippen LogP contribution < -0.4 is 0 Å². The van der Waals surface area contributed by atoms with Crippen molar-refractivity contribution in [1.82, 2.24) is 15.0 Å². The van der Waals surface area contributed by atoms with Gasteiger partial charge in [-0.3, -0.25) is 9.97 Å². The van der Waals surface area contributed by atoms with E-state index in [9.17, 15) is 0 Å². The van der Waals surface area contributed by atoms with Gasteiger partial charge in [0.1, 0.15) is 0 Å². The molecule has 0 saturated heterocycles. The van der Waals surface area contributed by atoms with Crippen LogP contribution in [0, 0.1) is 0 Å². The molecule has 3 aromatic heterocycles. The zero-order valence-corrected chi connectivity index (χ0v) is 19.6. The van der Waals surface area contributed by atoms with Crippen molar-refractivity contribution in [1.29, 1.82) is 0 Å². The highest BCUT2D eigenvalue weighted by Gasteiger charge is 2.11. The molecule has 0 aliphatic carbocycles. The highest BCUT2D eigenvalue weighted by Crippen LogP contribution is 2.30. The molecule has 170 valence electrons. The van der Waals surface area contributed by atoms with Crippen LogP contribution in [0.15, 0.2) is 140 Å². The summed E-state index contributed by atoms with van der Waals surface area (Å²) >= 11 is 0. The zero-order valence-electron chi connectivity index (χ0n) is 19.6. The van der Waals surface area contributed by atoms with Crippen LogP contribution in [0.2, 0.25) is 0 Å². The first-order chi connectivity index (χ1) is 17.8. The lowest BCUT2D eigenvalue weighted by Gasteiger charge is -2.10. The summed E-state index contributed by atoms with van der Waals surface area (Å²) < 4.78 is 0. The maximum atomic E-state index is 4.98. The van der Waals surface area contributed by atoms with E-state index < -0.39 is 0 Å². The Morgan fingerprint density at radius 1 is 0.306 bits per heavy atom. The summed E-state index contributed by atoms with van der Waals surface area (Å²) in [7, 11) is 0. The summed E-state index contributed by atoms with van der Waals surface area (Å²) in [6, 6.07) is 43.4. The predicted octanol–water partition coefficient (Wildman–Crippen LogP) is 8.21. The fraction of sp³-hybridized carbons (Fsp3) is 0. The maximum absolute atomic E-state index is 4.98. The SMILES string of the molecule is c1ccc(-c2ccc(-c3cc(-c4ccccc4)cc(-c4ccc(-c5ccccc5)cn4)n3)nc2)cc1. The van der Waals surface area contributed by atoms with Gasteiger partial charge in [0.05, 0.1) is 22.8 Å². The molecule has 36 heavy (non-hydrogen) atoms. The van der Waals surface area contributed by atoms with Crippen molar-refractivity contribution in [3.63, 3.8) is 0 Å². The van der Waals surface area contributed by atoms with E-state index in [-0.39, 0.29) is 0 Å². The van der Waals surface area contributed by atoms with Crippen LogP contribution >= 0.6 is 0 Å². The normalized spacial score (nSPS) is 10.8. The molecule has 0 aliphatic rings. The highest BCUT2D eigenvalue weighted by atomic mass is 14.8. The molecule has 0 amide bonds. The van der Waals surface area contributed by atoms with Gasteiger partial charge in [-0.25, -0.2) is 4.98 Å². The highest BCUT2D eigenvalue weighted by molar-refractivity contribution is 5.76. The molecule has 3 aromatic carbocycles. The first-order valence-corrected chi connectivity index (χ1v) is 11.9. The summed E-state index contributed by atoms with van der Waals surface area (Å²) in [5.74, 6) is 0. The third-order valence-electron chi connectivity index (χ3n) is 6.20. The van der Waals surface area contributed by atoms with Gasteiger partial charge in [0.25, 0.3) is 0 Å². The number of aromatic nitrogens is 3. The lowest BCUT2D eigenvalue weighted by atomic mass is 10.0. The Balaban J connectivity index is 1.41. The third kappa shape index (κ3) is 4.55. The number of hydrogen-bond acceptors (Lipinski definition) is 3. The molecule has 0 N–H and O–H groups in total. The largest absolute Gasteiger partial charge is 0.254 e. The Labute approximate surface area is 210 Å². The number of rotatable bonds is 5. The number of benzene rings is 3. The van der Waals surface area contributed by atoms with Gasteiger partial charge in [-0.05, 0) is 46.5 Å². The summed E-state index contributed by atoms with van der Waals surface area (Å²) in [4.78, 5) is 14.5. The molecule has 0 radical (unpaired) electrons. The first kappa shape index (κ1) is 21.6. The number of hydrogen-bond donors (Lipinski definition) is 0. The van der Waals surface area contributed by atoms with Crippen molar-refractivity contribution in [3.05, 3.63) is 140 Å². The molecule has 0 unspecified atom stereocenters. The van der Waals surface area contributed by atoms with E-state index in [0.717, 1.165) is 56.2 Å². The van der Waals surface area contributed by atoms with Crippen molar-refractivity contribution in [3.8, 4) is 56.2 Å². The molecule has 6 rings (SSSR count). The second kappa shape index (κ2) is 9.77. The summed E-state index contributed by atoms with van der Waals surface area (Å²) in [6.07, 6.45) is 3.82. The van der Waals surface area contributed by atoms with Crippen LogP contribution in [0.1, 0.15) is 0 Å². The first-order valence-electron chi connectivity index (χ1n) is 11.9. The van der Waals surface area contributed by atoms with Gasteiger partial charge in [0.2, 0.25) is 0 Å². The van der Waals surface area contributed by atoms with E-state index in [4.69, 9.17) is 15.0 Å². The summed E-state index contributed by atoms with van der Waals surface area (Å²) in [6.45, 7) is 0. The van der Waals surface area contributed by atoms with E-state index in [0.29, 0.717) is 0 Å². The number of pyridine rings is 3. The van der Waals surface area contributed by atoms with Crippen LogP contribution in [0.3, 0.4) is 0 Å². The van der Waals surface area contributed by atoms with E-state index in [1.165, 1.54) is 0 Å². The quantitative estimate of drug-likeness (QED) is 0.260. The lowest BCUT2D eigenvalue weighted by molar-refractivity contribution is 1.22. The molecule has 3 heterocycles. The van der Waals surface area contributed by atoms with Crippen molar-refractivity contribution >= 4 is 0 Å². The van der Waals surface area contributed by atoms with E-state index in [2.05, 4.69) is 72.8 Å². The minimum atomic E-state index is 0.819. The van der Waals surface area contributed by atoms with Gasteiger partial charge in [-0.1, -0.05) is 103 Å². The monoisotopic (exact) mass is 461 g/mol. The van der Waals surface area contributed by atoms with Crippen LogP contribution in [0.25, 0.3) is 56.2 Å². The van der Waals surface area contributed by atoms with Crippen molar-refractivity contribution < 1.29 is 0 Å². The topological polar surface area (TPSA) is 38.7 Å². The Morgan fingerprint density at radius 3 is 1.06 bits per heavy atom. The molecule has 3 nitrogen and oxygen atoms in total. The van der Waals surface area contributed by atoms with Gasteiger partial charge >= 0.3 is 0 Å². The molecule has 0 bridgehead atoms. The van der Waals surface area contributed by atoms with Crippen molar-refractivity contribution in [2.75, 3.05) is 0 Å². The van der Waals surface area contributed by atoms with E-state index in [1.807, 2.05) is 67.0 Å². The minimum absolute atomic E-state index is 0.819. The Kier molecular flexibility index (Phi) is 5.87. The molecule has 6 aromatic rings. The molecule has 0 saturated carbocycles. The van der Waals surface area contributed by atoms with Crippen LogP contribution in [-0.4, -0.2) is 15.0 Å². The Hall–Kier alpha value is -4.89. The van der Waals surface area contributed by atoms with Gasteiger partial charge in [-0.15, -0.1) is 0 Å². The van der Waals surface area contributed by atoms with Crippen molar-refractivity contribution in [2.24, 2.45) is 0 Å². The smallest absolute Gasteiger partial charge is 0.0900 e. The zero-order chi connectivity index (χ0) is 24.2. The van der Waals surface area contributed by atoms with E-state index >= 15 is 0 Å². The third-order valence-corrected chi connectivity index (χ3v) is 6.20. The van der Waals surface area contributed by atoms with Gasteiger partial charge in [-0.2, -0.15) is 0 Å². The Bertz CT molecular complexity index is 1480. The molecule has 0 atom stereocenters. The predicted molar refractivity (Wildman–Crippen MR) is 147 cm³/mol. The average Bonchev–Trinajstić information content (AvgIpc) is 2.98. The molecule has 0 spiro atoms. The Morgan fingerprint density at radius 2 is 0.694 bits per heavy atom. The molecule has 0 aliphatic heterocycles. The van der Waals surface area contributed by atoms with E-state index in [1.54, 1.807) is 0 Å². The summed E-state index contributed by atoms with van der Waals surface area (Å²) in [5.41, 5.74) is 9.96. The van der Waals surface area contributed by atoms with Crippen LogP contribution in [0.4, 0.5) is 0 Å².